The molecule has 0 aromatic carbocycles. The van der Waals surface area contributed by atoms with E-state index in [0.29, 0.717) is 0 Å². The molecule has 0 aromatic heterocycles. The number of rotatable bonds is 3. The molecule has 0 saturated heterocycles. The van der Waals surface area contributed by atoms with Gasteiger partial charge < -0.3 is 20.1 Å². The third-order valence-electron chi connectivity index (χ3n) is 0.553. The van der Waals surface area contributed by atoms with Gasteiger partial charge in [0.25, 0.3) is 0 Å². The Bertz CT molecular complexity index is 165. The average molecular weight is 237 g/mol. The van der Waals surface area contributed by atoms with Gasteiger partial charge in [-0.15, -0.1) is 12.4 Å². The van der Waals surface area contributed by atoms with Crippen molar-refractivity contribution in [1.82, 2.24) is 0 Å². The number of carbonyl (C=O) groups is 3. The summed E-state index contributed by atoms with van der Waals surface area (Å²) in [6.45, 7) is 0.972. The van der Waals surface area contributed by atoms with E-state index in [2.05, 4.69) is 0 Å². The molecule has 0 aliphatic carbocycles. The number of aliphatic carboxylic acids is 3. The van der Waals surface area contributed by atoms with Crippen molar-refractivity contribution < 1.29 is 59.3 Å². The summed E-state index contributed by atoms with van der Waals surface area (Å²) in [4.78, 5) is 28.2. The Balaban J connectivity index is -0.0000000733. The minimum Gasteiger partial charge on any atom is -0.550 e. The predicted molar refractivity (Wildman–Crippen MR) is 42.4 cm³/mol. The van der Waals surface area contributed by atoms with Crippen LogP contribution >= 0.6 is 12.4 Å². The van der Waals surface area contributed by atoms with Gasteiger partial charge in [-0.25, -0.2) is 0 Å². The molecular formula is C6H10ClNaO6. The second-order valence-corrected chi connectivity index (χ2v) is 1.78. The van der Waals surface area contributed by atoms with Gasteiger partial charge in [0.15, 0.2) is 0 Å². The minimum atomic E-state index is -1.08. The zero-order valence-corrected chi connectivity index (χ0v) is 10.7. The first-order chi connectivity index (χ1) is 5.36. The molecule has 0 aliphatic rings. The summed E-state index contributed by atoms with van der Waals surface area (Å²) in [5, 5.41) is 24.7. The summed E-state index contributed by atoms with van der Waals surface area (Å²) in [5.74, 6) is -3.24. The van der Waals surface area contributed by atoms with Crippen molar-refractivity contribution in [2.45, 2.75) is 19.8 Å². The zero-order chi connectivity index (χ0) is 10.1. The van der Waals surface area contributed by atoms with Gasteiger partial charge >= 0.3 is 41.5 Å². The SMILES string of the molecule is CC(=O)[O-].Cl.O=C(O)CCC(=O)O.[Na+]. The molecule has 0 aromatic rings. The molecule has 0 saturated carbocycles. The molecule has 0 aliphatic heterocycles. The van der Waals surface area contributed by atoms with Crippen LogP contribution in [0.3, 0.4) is 0 Å². The van der Waals surface area contributed by atoms with Crippen LogP contribution < -0.4 is 34.7 Å². The van der Waals surface area contributed by atoms with Crippen molar-refractivity contribution in [2.24, 2.45) is 0 Å². The molecule has 78 valence electrons. The van der Waals surface area contributed by atoms with Gasteiger partial charge in [0.05, 0.1) is 12.8 Å². The Morgan fingerprint density at radius 1 is 1.07 bits per heavy atom. The molecule has 0 unspecified atom stereocenters. The summed E-state index contributed by atoms with van der Waals surface area (Å²) in [5.41, 5.74) is 0. The van der Waals surface area contributed by atoms with Gasteiger partial charge in [0.1, 0.15) is 0 Å². The molecule has 6 nitrogen and oxygen atoms in total. The molecule has 0 radical (unpaired) electrons. The second kappa shape index (κ2) is 15.2. The first-order valence-electron chi connectivity index (χ1n) is 2.97. The van der Waals surface area contributed by atoms with Gasteiger partial charge in [-0.05, 0) is 6.92 Å². The Kier molecular flexibility index (Phi) is 25.5. The summed E-state index contributed by atoms with van der Waals surface area (Å²) >= 11 is 0. The van der Waals surface area contributed by atoms with Crippen LogP contribution in [0.5, 0.6) is 0 Å². The number of halogens is 1. The van der Waals surface area contributed by atoms with Gasteiger partial charge in [-0.3, -0.25) is 9.59 Å². The van der Waals surface area contributed by atoms with E-state index in [-0.39, 0.29) is 54.8 Å². The Labute approximate surface area is 109 Å². The third kappa shape index (κ3) is 60.6. The number of carboxylic acid groups (broad SMARTS) is 3. The molecule has 0 heterocycles. The van der Waals surface area contributed by atoms with Crippen molar-refractivity contribution in [3.05, 3.63) is 0 Å². The maximum atomic E-state index is 9.64. The van der Waals surface area contributed by atoms with Crippen LogP contribution in [0.15, 0.2) is 0 Å². The molecule has 0 rings (SSSR count). The van der Waals surface area contributed by atoms with Crippen LogP contribution in [-0.2, 0) is 14.4 Å². The van der Waals surface area contributed by atoms with E-state index in [9.17, 15) is 9.59 Å². The second-order valence-electron chi connectivity index (χ2n) is 1.78. The van der Waals surface area contributed by atoms with Crippen molar-refractivity contribution in [3.8, 4) is 0 Å². The largest absolute Gasteiger partial charge is 1.00 e. The molecular weight excluding hydrogens is 227 g/mol. The van der Waals surface area contributed by atoms with E-state index in [1.54, 1.807) is 0 Å². The quantitative estimate of drug-likeness (QED) is 0.485. The first-order valence-corrected chi connectivity index (χ1v) is 2.97. The van der Waals surface area contributed by atoms with E-state index < -0.39 is 17.9 Å². The Hall–Kier alpha value is -0.300. The fourth-order valence-electron chi connectivity index (χ4n) is 0.214. The monoisotopic (exact) mass is 236 g/mol. The van der Waals surface area contributed by atoms with Crippen molar-refractivity contribution in [2.75, 3.05) is 0 Å². The average Bonchev–Trinajstić information content (AvgIpc) is 1.82. The van der Waals surface area contributed by atoms with E-state index in [4.69, 9.17) is 20.1 Å². The van der Waals surface area contributed by atoms with Crippen molar-refractivity contribution in [1.29, 1.82) is 0 Å². The molecule has 2 N–H and O–H groups in total. The van der Waals surface area contributed by atoms with E-state index in [1.807, 2.05) is 0 Å². The molecule has 0 spiro atoms. The number of carboxylic acids is 3. The molecule has 0 fully saturated rings. The van der Waals surface area contributed by atoms with E-state index in [1.165, 1.54) is 0 Å². The van der Waals surface area contributed by atoms with E-state index in [0.717, 1.165) is 6.92 Å². The van der Waals surface area contributed by atoms with Crippen LogP contribution in [0.25, 0.3) is 0 Å². The molecule has 8 heteroatoms. The smallest absolute Gasteiger partial charge is 0.550 e. The van der Waals surface area contributed by atoms with Crippen molar-refractivity contribution in [3.63, 3.8) is 0 Å². The van der Waals surface area contributed by atoms with Crippen LogP contribution in [0.1, 0.15) is 19.8 Å². The molecule has 0 amide bonds. The van der Waals surface area contributed by atoms with Crippen LogP contribution in [0.4, 0.5) is 0 Å². The number of carbonyl (C=O) groups excluding carboxylic acids is 1. The topological polar surface area (TPSA) is 115 Å². The Morgan fingerprint density at radius 3 is 1.29 bits per heavy atom. The predicted octanol–water partition coefficient (Wildman–Crippen LogP) is -3.88. The van der Waals surface area contributed by atoms with Gasteiger partial charge in [0, 0.05) is 5.97 Å². The van der Waals surface area contributed by atoms with Gasteiger partial charge in [0.2, 0.25) is 0 Å². The number of hydrogen-bond donors (Lipinski definition) is 2. The van der Waals surface area contributed by atoms with Gasteiger partial charge in [-0.1, -0.05) is 0 Å². The fraction of sp³-hybridized carbons (Fsp3) is 0.500. The Morgan fingerprint density at radius 2 is 1.21 bits per heavy atom. The minimum absolute atomic E-state index is 0. The number of hydrogen-bond acceptors (Lipinski definition) is 4. The normalized spacial score (nSPS) is 6.64. The van der Waals surface area contributed by atoms with Crippen LogP contribution in [-0.4, -0.2) is 28.1 Å². The standard InChI is InChI=1S/C4H6O4.C2H4O2.ClH.Na/c5-3(6)1-2-4(7)8;1-2(3)4;;/h1-2H2,(H,5,6)(H,7,8);1H3,(H,3,4);1H;/q;;;+1/p-1. The fourth-order valence-corrected chi connectivity index (χ4v) is 0.214. The molecule has 0 atom stereocenters. The van der Waals surface area contributed by atoms with Crippen molar-refractivity contribution >= 4 is 30.3 Å². The van der Waals surface area contributed by atoms with Gasteiger partial charge in [-0.2, -0.15) is 0 Å². The first kappa shape index (κ1) is 23.5. The summed E-state index contributed by atoms with van der Waals surface area (Å²) in [6.07, 6.45) is -0.593. The maximum Gasteiger partial charge on any atom is 1.00 e. The molecule has 0 bridgehead atoms. The van der Waals surface area contributed by atoms with Crippen LogP contribution in [0, 0.1) is 0 Å². The zero-order valence-electron chi connectivity index (χ0n) is 7.85. The summed E-state index contributed by atoms with van der Waals surface area (Å²) in [6, 6.07) is 0. The maximum absolute atomic E-state index is 9.64. The summed E-state index contributed by atoms with van der Waals surface area (Å²) in [7, 11) is 0. The third-order valence-corrected chi connectivity index (χ3v) is 0.553. The van der Waals surface area contributed by atoms with E-state index >= 15 is 0 Å². The molecule has 14 heavy (non-hydrogen) atoms. The summed E-state index contributed by atoms with van der Waals surface area (Å²) < 4.78 is 0. The van der Waals surface area contributed by atoms with Crippen LogP contribution in [0.2, 0.25) is 0 Å².